The van der Waals surface area contributed by atoms with Crippen LogP contribution in [-0.4, -0.2) is 23.4 Å². The van der Waals surface area contributed by atoms with E-state index in [0.717, 1.165) is 39.2 Å². The second kappa shape index (κ2) is 6.54. The maximum atomic E-state index is 5.31. The molecule has 4 nitrogen and oxygen atoms in total. The molecule has 0 aliphatic carbocycles. The molecule has 6 heteroatoms. The van der Waals surface area contributed by atoms with Crippen molar-refractivity contribution >= 4 is 31.9 Å². The maximum absolute atomic E-state index is 5.31. The summed E-state index contributed by atoms with van der Waals surface area (Å²) < 4.78 is 9.02. The Bertz CT molecular complexity index is 569. The van der Waals surface area contributed by atoms with E-state index in [-0.39, 0.29) is 0 Å². The number of ether oxygens (including phenoxy) is 1. The van der Waals surface area contributed by atoms with Gasteiger partial charge in [-0.2, -0.15) is 5.10 Å². The molecule has 1 aromatic heterocycles. The van der Waals surface area contributed by atoms with E-state index in [2.05, 4.69) is 49.2 Å². The predicted octanol–water partition coefficient (Wildman–Crippen LogP) is 3.52. The van der Waals surface area contributed by atoms with Crippen LogP contribution in [0.1, 0.15) is 12.6 Å². The van der Waals surface area contributed by atoms with Crippen molar-refractivity contribution in [3.05, 3.63) is 39.0 Å². The molecule has 0 aliphatic rings. The van der Waals surface area contributed by atoms with E-state index >= 15 is 0 Å². The van der Waals surface area contributed by atoms with Crippen molar-refractivity contribution in [1.82, 2.24) is 15.1 Å². The molecular weight excluding hydrogens is 374 g/mol. The van der Waals surface area contributed by atoms with Gasteiger partial charge in [-0.15, -0.1) is 0 Å². The Morgan fingerprint density at radius 3 is 2.79 bits per heavy atom. The van der Waals surface area contributed by atoms with Gasteiger partial charge >= 0.3 is 0 Å². The van der Waals surface area contributed by atoms with Crippen LogP contribution >= 0.6 is 31.9 Å². The number of hydrogen-bond donors (Lipinski definition) is 1. The number of nitrogens with zero attached hydrogens (tertiary/aromatic N) is 2. The molecule has 2 rings (SSSR count). The highest BCUT2D eigenvalue weighted by atomic mass is 79.9. The zero-order valence-electron chi connectivity index (χ0n) is 10.8. The molecular formula is C13H15Br2N3O. The Labute approximate surface area is 129 Å². The summed E-state index contributed by atoms with van der Waals surface area (Å²) >= 11 is 7.01. The summed E-state index contributed by atoms with van der Waals surface area (Å²) in [6, 6.07) is 5.90. The Morgan fingerprint density at radius 2 is 2.11 bits per heavy atom. The standard InChI is InChI=1S/C13H15Br2N3O/c1-3-16-8-9-4-5-18(17-9)12-7-13(19-2)11(15)6-10(12)14/h4-7,16H,3,8H2,1-2H3. The van der Waals surface area contributed by atoms with Gasteiger partial charge in [0.2, 0.25) is 0 Å². The molecule has 19 heavy (non-hydrogen) atoms. The van der Waals surface area contributed by atoms with Crippen LogP contribution < -0.4 is 10.1 Å². The van der Waals surface area contributed by atoms with Crippen LogP contribution in [0.15, 0.2) is 33.3 Å². The fourth-order valence-electron chi connectivity index (χ4n) is 1.69. The molecule has 0 radical (unpaired) electrons. The van der Waals surface area contributed by atoms with Crippen molar-refractivity contribution < 1.29 is 4.74 Å². The summed E-state index contributed by atoms with van der Waals surface area (Å²) in [5.41, 5.74) is 1.96. The van der Waals surface area contributed by atoms with Crippen molar-refractivity contribution in [3.63, 3.8) is 0 Å². The van der Waals surface area contributed by atoms with E-state index in [0.29, 0.717) is 0 Å². The van der Waals surface area contributed by atoms with Crippen molar-refractivity contribution in [1.29, 1.82) is 0 Å². The van der Waals surface area contributed by atoms with Crippen LogP contribution in [0.5, 0.6) is 5.75 Å². The molecule has 0 spiro atoms. The molecule has 0 bridgehead atoms. The van der Waals surface area contributed by atoms with Crippen LogP contribution in [-0.2, 0) is 6.54 Å². The van der Waals surface area contributed by atoms with E-state index in [1.807, 2.05) is 29.1 Å². The van der Waals surface area contributed by atoms with Crippen LogP contribution in [0, 0.1) is 0 Å². The average molecular weight is 389 g/mol. The van der Waals surface area contributed by atoms with Gasteiger partial charge in [0.25, 0.3) is 0 Å². The molecule has 0 fully saturated rings. The SMILES string of the molecule is CCNCc1ccn(-c2cc(OC)c(Br)cc2Br)n1. The molecule has 0 atom stereocenters. The molecule has 0 amide bonds. The first kappa shape index (κ1) is 14.6. The first-order valence-corrected chi connectivity index (χ1v) is 7.53. The van der Waals surface area contributed by atoms with Crippen molar-refractivity contribution in [2.75, 3.05) is 13.7 Å². The molecule has 1 heterocycles. The second-order valence-corrected chi connectivity index (χ2v) is 5.68. The summed E-state index contributed by atoms with van der Waals surface area (Å²) in [5.74, 6) is 0.780. The quantitative estimate of drug-likeness (QED) is 0.851. The number of benzene rings is 1. The lowest BCUT2D eigenvalue weighted by atomic mass is 10.3. The molecule has 102 valence electrons. The van der Waals surface area contributed by atoms with E-state index in [4.69, 9.17) is 4.74 Å². The first-order chi connectivity index (χ1) is 9.15. The maximum Gasteiger partial charge on any atom is 0.135 e. The molecule has 2 aromatic rings. The van der Waals surface area contributed by atoms with E-state index < -0.39 is 0 Å². The smallest absolute Gasteiger partial charge is 0.135 e. The van der Waals surface area contributed by atoms with Gasteiger partial charge < -0.3 is 10.1 Å². The molecule has 1 aromatic carbocycles. The van der Waals surface area contributed by atoms with Gasteiger partial charge in [-0.05, 0) is 50.5 Å². The third kappa shape index (κ3) is 3.38. The van der Waals surface area contributed by atoms with Crippen molar-refractivity contribution in [2.24, 2.45) is 0 Å². The van der Waals surface area contributed by atoms with E-state index in [1.165, 1.54) is 0 Å². The van der Waals surface area contributed by atoms with Crippen LogP contribution in [0.3, 0.4) is 0 Å². The topological polar surface area (TPSA) is 39.1 Å². The Kier molecular flexibility index (Phi) is 5.01. The molecule has 0 unspecified atom stereocenters. The zero-order chi connectivity index (χ0) is 13.8. The largest absolute Gasteiger partial charge is 0.495 e. The molecule has 0 saturated carbocycles. The summed E-state index contributed by atoms with van der Waals surface area (Å²) in [4.78, 5) is 0. The highest BCUT2D eigenvalue weighted by Gasteiger charge is 2.10. The number of aromatic nitrogens is 2. The average Bonchev–Trinajstić information content (AvgIpc) is 2.85. The number of methoxy groups -OCH3 is 1. The van der Waals surface area contributed by atoms with Gasteiger partial charge in [-0.3, -0.25) is 0 Å². The minimum Gasteiger partial charge on any atom is -0.495 e. The van der Waals surface area contributed by atoms with Gasteiger partial charge in [0.05, 0.1) is 23.0 Å². The predicted molar refractivity (Wildman–Crippen MR) is 82.9 cm³/mol. The van der Waals surface area contributed by atoms with Gasteiger partial charge in [-0.25, -0.2) is 4.68 Å². The summed E-state index contributed by atoms with van der Waals surface area (Å²) in [6.07, 6.45) is 1.94. The Balaban J connectivity index is 2.33. The fraction of sp³-hybridized carbons (Fsp3) is 0.308. The van der Waals surface area contributed by atoms with E-state index in [1.54, 1.807) is 7.11 Å². The molecule has 0 saturated heterocycles. The summed E-state index contributed by atoms with van der Waals surface area (Å²) in [7, 11) is 1.65. The zero-order valence-corrected chi connectivity index (χ0v) is 14.0. The molecule has 0 aliphatic heterocycles. The number of rotatable bonds is 5. The fourth-order valence-corrected chi connectivity index (χ4v) is 3.03. The highest BCUT2D eigenvalue weighted by Crippen LogP contribution is 2.33. The minimum atomic E-state index is 0.773. The lowest BCUT2D eigenvalue weighted by molar-refractivity contribution is 0.411. The lowest BCUT2D eigenvalue weighted by Gasteiger charge is -2.09. The first-order valence-electron chi connectivity index (χ1n) is 5.94. The van der Waals surface area contributed by atoms with Crippen LogP contribution in [0.4, 0.5) is 0 Å². The number of halogens is 2. The lowest BCUT2D eigenvalue weighted by Crippen LogP contribution is -2.12. The number of hydrogen-bond acceptors (Lipinski definition) is 3. The van der Waals surface area contributed by atoms with Gasteiger partial charge in [0.15, 0.2) is 0 Å². The normalized spacial score (nSPS) is 10.7. The molecule has 1 N–H and O–H groups in total. The Hall–Kier alpha value is -0.850. The minimum absolute atomic E-state index is 0.773. The third-order valence-corrected chi connectivity index (χ3v) is 3.92. The second-order valence-electron chi connectivity index (χ2n) is 3.97. The highest BCUT2D eigenvalue weighted by molar-refractivity contribution is 9.11. The monoisotopic (exact) mass is 387 g/mol. The van der Waals surface area contributed by atoms with Gasteiger partial charge in [0, 0.05) is 23.3 Å². The van der Waals surface area contributed by atoms with Crippen molar-refractivity contribution in [2.45, 2.75) is 13.5 Å². The Morgan fingerprint density at radius 1 is 1.32 bits per heavy atom. The van der Waals surface area contributed by atoms with E-state index in [9.17, 15) is 0 Å². The number of nitrogens with one attached hydrogen (secondary N) is 1. The summed E-state index contributed by atoms with van der Waals surface area (Å²) in [6.45, 7) is 3.78. The van der Waals surface area contributed by atoms with Gasteiger partial charge in [0.1, 0.15) is 5.75 Å². The van der Waals surface area contributed by atoms with Crippen LogP contribution in [0.25, 0.3) is 5.69 Å². The van der Waals surface area contributed by atoms with Crippen LogP contribution in [0.2, 0.25) is 0 Å². The third-order valence-electron chi connectivity index (χ3n) is 2.67. The summed E-state index contributed by atoms with van der Waals surface area (Å²) in [5, 5.41) is 7.79. The van der Waals surface area contributed by atoms with Gasteiger partial charge in [-0.1, -0.05) is 6.92 Å². The van der Waals surface area contributed by atoms with Crippen molar-refractivity contribution in [3.8, 4) is 11.4 Å².